The Morgan fingerprint density at radius 3 is 1.58 bits per heavy atom. The molecule has 0 radical (unpaired) electrons. The van der Waals surface area contributed by atoms with Crippen LogP contribution in [0.25, 0.3) is 0 Å². The molecule has 0 fully saturated rings. The largest absolute Gasteiger partial charge is 0.372 e. The molecule has 0 aromatic carbocycles. The molecule has 2 heteroatoms. The van der Waals surface area contributed by atoms with Gasteiger partial charge >= 0.3 is 0 Å². The monoisotopic (exact) mass is 174 g/mol. The van der Waals surface area contributed by atoms with Crippen LogP contribution in [-0.4, -0.2) is 18.9 Å². The third-order valence-corrected chi connectivity index (χ3v) is 0.830. The van der Waals surface area contributed by atoms with Crippen LogP contribution in [0.4, 0.5) is 0 Å². The maximum atomic E-state index is 3.93. The van der Waals surface area contributed by atoms with E-state index in [1.165, 1.54) is 0 Å². The molecule has 1 aliphatic heterocycles. The van der Waals surface area contributed by atoms with Gasteiger partial charge < -0.3 is 5.32 Å². The normalized spacial score (nSPS) is 16.8. The minimum Gasteiger partial charge on any atom is -0.372 e. The van der Waals surface area contributed by atoms with Gasteiger partial charge in [-0.3, -0.25) is 4.99 Å². The molecule has 2 nitrogen and oxygen atoms in total. The van der Waals surface area contributed by atoms with Crippen LogP contribution in [0.1, 0.15) is 48.5 Å². The fraction of sp³-hybridized carbons (Fsp3) is 0.900. The summed E-state index contributed by atoms with van der Waals surface area (Å²) < 4.78 is 0. The van der Waals surface area contributed by atoms with Crippen LogP contribution >= 0.6 is 0 Å². The topological polar surface area (TPSA) is 24.4 Å². The maximum absolute atomic E-state index is 3.93. The predicted molar refractivity (Wildman–Crippen MR) is 60.0 cm³/mol. The van der Waals surface area contributed by atoms with Gasteiger partial charge in [0.05, 0.1) is 12.9 Å². The first-order chi connectivity index (χ1) is 5.89. The van der Waals surface area contributed by atoms with E-state index in [2.05, 4.69) is 17.2 Å². The summed E-state index contributed by atoms with van der Waals surface area (Å²) in [6, 6.07) is 0.574. The van der Waals surface area contributed by atoms with E-state index in [4.69, 9.17) is 0 Å². The molecule has 1 unspecified atom stereocenters. The number of hydrogen-bond acceptors (Lipinski definition) is 2. The smallest absolute Gasteiger partial charge is 0.0827 e. The first kappa shape index (κ1) is 17.5. The van der Waals surface area contributed by atoms with Crippen molar-refractivity contribution in [3.63, 3.8) is 0 Å². The lowest BCUT2D eigenvalue weighted by molar-refractivity contribution is 0.729. The second kappa shape index (κ2) is 22.4. The van der Waals surface area contributed by atoms with Crippen LogP contribution in [0.3, 0.4) is 0 Å². The summed E-state index contributed by atoms with van der Waals surface area (Å²) in [5, 5.41) is 3.03. The molecule has 76 valence electrons. The Morgan fingerprint density at radius 2 is 1.50 bits per heavy atom. The standard InChI is InChI=1S/C4H8N2.3C2H6/c1-4-2-5-3-6-4;3*1-2/h3-4H,2H2,1H3,(H,5,6);3*1-2H3. The van der Waals surface area contributed by atoms with Gasteiger partial charge in [0.1, 0.15) is 0 Å². The summed E-state index contributed by atoms with van der Waals surface area (Å²) in [6.07, 6.45) is 1.75. The van der Waals surface area contributed by atoms with Crippen molar-refractivity contribution in [2.24, 2.45) is 4.99 Å². The molecule has 0 aromatic rings. The van der Waals surface area contributed by atoms with Crippen LogP contribution in [0.2, 0.25) is 0 Å². The zero-order valence-electron chi connectivity index (χ0n) is 9.81. The summed E-state index contributed by atoms with van der Waals surface area (Å²) >= 11 is 0. The van der Waals surface area contributed by atoms with Crippen LogP contribution in [0.15, 0.2) is 4.99 Å². The van der Waals surface area contributed by atoms with Crippen LogP contribution in [0, 0.1) is 0 Å². The van der Waals surface area contributed by atoms with E-state index in [1.54, 1.807) is 6.34 Å². The van der Waals surface area contributed by atoms with Gasteiger partial charge in [-0.25, -0.2) is 0 Å². The van der Waals surface area contributed by atoms with Gasteiger partial charge in [0, 0.05) is 6.04 Å². The number of rotatable bonds is 0. The van der Waals surface area contributed by atoms with Crippen molar-refractivity contribution in [3.05, 3.63) is 0 Å². The molecule has 0 aromatic heterocycles. The minimum atomic E-state index is 0.574. The van der Waals surface area contributed by atoms with Gasteiger partial charge in [-0.1, -0.05) is 41.5 Å². The van der Waals surface area contributed by atoms with E-state index < -0.39 is 0 Å². The third kappa shape index (κ3) is 16.2. The van der Waals surface area contributed by atoms with Crippen molar-refractivity contribution < 1.29 is 0 Å². The predicted octanol–water partition coefficient (Wildman–Crippen LogP) is 3.09. The van der Waals surface area contributed by atoms with Gasteiger partial charge in [0.15, 0.2) is 0 Å². The van der Waals surface area contributed by atoms with Crippen molar-refractivity contribution in [1.29, 1.82) is 0 Å². The van der Waals surface area contributed by atoms with E-state index in [1.807, 2.05) is 41.5 Å². The Balaban J connectivity index is -0.000000117. The molecule has 0 spiro atoms. The lowest BCUT2D eigenvalue weighted by Gasteiger charge is -1.94. The number of nitrogens with one attached hydrogen (secondary N) is 1. The zero-order valence-corrected chi connectivity index (χ0v) is 9.81. The van der Waals surface area contributed by atoms with E-state index in [-0.39, 0.29) is 0 Å². The highest BCUT2D eigenvalue weighted by molar-refractivity contribution is 5.56. The highest BCUT2D eigenvalue weighted by atomic mass is 15.0. The molecular weight excluding hydrogens is 148 g/mol. The molecule has 0 saturated carbocycles. The molecule has 1 heterocycles. The highest BCUT2D eigenvalue weighted by Crippen LogP contribution is 1.84. The van der Waals surface area contributed by atoms with E-state index in [0.717, 1.165) is 6.54 Å². The van der Waals surface area contributed by atoms with Gasteiger partial charge in [0.25, 0.3) is 0 Å². The quantitative estimate of drug-likeness (QED) is 0.599. The first-order valence-electron chi connectivity index (χ1n) is 5.14. The number of nitrogens with zero attached hydrogens (tertiary/aromatic N) is 1. The Labute approximate surface area is 78.5 Å². The molecule has 1 N–H and O–H groups in total. The van der Waals surface area contributed by atoms with E-state index in [9.17, 15) is 0 Å². The molecule has 1 atom stereocenters. The second-order valence-corrected chi connectivity index (χ2v) is 1.56. The number of aliphatic imine (C=N–C) groups is 1. The van der Waals surface area contributed by atoms with Crippen LogP contribution in [-0.2, 0) is 0 Å². The summed E-state index contributed by atoms with van der Waals surface area (Å²) in [4.78, 5) is 3.93. The Hall–Kier alpha value is -0.530. The Bertz CT molecular complexity index is 62.2. The highest BCUT2D eigenvalue weighted by Gasteiger charge is 1.98. The lowest BCUT2D eigenvalue weighted by Crippen LogP contribution is -2.19. The first-order valence-corrected chi connectivity index (χ1v) is 5.14. The third-order valence-electron chi connectivity index (χ3n) is 0.830. The molecule has 1 aliphatic rings. The molecule has 0 aliphatic carbocycles. The van der Waals surface area contributed by atoms with Crippen molar-refractivity contribution >= 4 is 6.34 Å². The molecule has 0 bridgehead atoms. The fourth-order valence-corrected chi connectivity index (χ4v) is 0.443. The lowest BCUT2D eigenvalue weighted by atomic mass is 10.4. The molecule has 0 saturated heterocycles. The van der Waals surface area contributed by atoms with Crippen molar-refractivity contribution in [1.82, 2.24) is 5.32 Å². The van der Waals surface area contributed by atoms with Gasteiger partial charge in [-0.2, -0.15) is 0 Å². The summed E-state index contributed by atoms with van der Waals surface area (Å²) in [5.41, 5.74) is 0. The average molecular weight is 174 g/mol. The Kier molecular flexibility index (Phi) is 32.8. The molecule has 12 heavy (non-hydrogen) atoms. The number of hydrogen-bond donors (Lipinski definition) is 1. The summed E-state index contributed by atoms with van der Waals surface area (Å²) in [5.74, 6) is 0. The summed E-state index contributed by atoms with van der Waals surface area (Å²) in [6.45, 7) is 15.0. The van der Waals surface area contributed by atoms with Crippen molar-refractivity contribution in [2.75, 3.05) is 6.54 Å². The Morgan fingerprint density at radius 1 is 1.08 bits per heavy atom. The van der Waals surface area contributed by atoms with Crippen LogP contribution in [0.5, 0.6) is 0 Å². The second-order valence-electron chi connectivity index (χ2n) is 1.56. The van der Waals surface area contributed by atoms with Crippen molar-refractivity contribution in [3.8, 4) is 0 Å². The molecule has 0 amide bonds. The maximum Gasteiger partial charge on any atom is 0.0827 e. The SMILES string of the molecule is CC.CC.CC.CC1CN=CN1. The van der Waals surface area contributed by atoms with Gasteiger partial charge in [-0.15, -0.1) is 0 Å². The van der Waals surface area contributed by atoms with Crippen molar-refractivity contribution in [2.45, 2.75) is 54.5 Å². The van der Waals surface area contributed by atoms with Gasteiger partial charge in [-0.05, 0) is 6.92 Å². The van der Waals surface area contributed by atoms with Crippen LogP contribution < -0.4 is 5.32 Å². The van der Waals surface area contributed by atoms with E-state index >= 15 is 0 Å². The molecule has 1 rings (SSSR count). The summed E-state index contributed by atoms with van der Waals surface area (Å²) in [7, 11) is 0. The fourth-order valence-electron chi connectivity index (χ4n) is 0.443. The van der Waals surface area contributed by atoms with E-state index in [0.29, 0.717) is 6.04 Å². The minimum absolute atomic E-state index is 0.574. The average Bonchev–Trinajstić information content (AvgIpc) is 2.66. The molecular formula is C10H26N2. The zero-order chi connectivity index (χ0) is 10.4. The van der Waals surface area contributed by atoms with Gasteiger partial charge in [0.2, 0.25) is 0 Å².